The van der Waals surface area contributed by atoms with Crippen molar-refractivity contribution in [2.45, 2.75) is 11.8 Å². The first-order chi connectivity index (χ1) is 7.51. The first-order valence-corrected chi connectivity index (χ1v) is 7.16. The Hall–Kier alpha value is -0.650. The van der Waals surface area contributed by atoms with Crippen molar-refractivity contribution in [3.8, 4) is 0 Å². The Balaban J connectivity index is 2.39. The number of rotatable bonds is 2. The fraction of sp³-hybridized carbons (Fsp3) is 0.273. The molecule has 0 bridgehead atoms. The predicted molar refractivity (Wildman–Crippen MR) is 66.8 cm³/mol. The van der Waals surface area contributed by atoms with Gasteiger partial charge in [-0.1, -0.05) is 28.1 Å². The Labute approximate surface area is 104 Å². The molecule has 1 aromatic carbocycles. The molecule has 1 aliphatic rings. The maximum absolute atomic E-state index is 12.2. The summed E-state index contributed by atoms with van der Waals surface area (Å²) < 4.78 is 26.7. The van der Waals surface area contributed by atoms with Gasteiger partial charge in [-0.25, -0.2) is 8.42 Å². The largest absolute Gasteiger partial charge is 0.243 e. The van der Waals surface area contributed by atoms with Gasteiger partial charge in [0.05, 0.1) is 4.90 Å². The molecule has 0 saturated carbocycles. The Bertz CT molecular complexity index is 529. The van der Waals surface area contributed by atoms with Crippen LogP contribution in [0.1, 0.15) is 5.56 Å². The first-order valence-electron chi connectivity index (χ1n) is 4.93. The maximum Gasteiger partial charge on any atom is 0.243 e. The van der Waals surface area contributed by atoms with E-state index >= 15 is 0 Å². The van der Waals surface area contributed by atoms with Crippen LogP contribution >= 0.6 is 15.9 Å². The smallest absolute Gasteiger partial charge is 0.207 e. The summed E-state index contributed by atoms with van der Waals surface area (Å²) in [4.78, 5) is 0.358. The SMILES string of the molecule is Cc1cc(S(=O)(=O)N2CC=CC2)ccc1Br. The van der Waals surface area contributed by atoms with Crippen LogP contribution in [-0.2, 0) is 10.0 Å². The van der Waals surface area contributed by atoms with Crippen LogP contribution in [0.15, 0.2) is 39.7 Å². The van der Waals surface area contributed by atoms with Gasteiger partial charge in [-0.2, -0.15) is 4.31 Å². The second-order valence-corrected chi connectivity index (χ2v) is 6.50. The van der Waals surface area contributed by atoms with Crippen molar-refractivity contribution in [1.29, 1.82) is 0 Å². The molecule has 1 aliphatic heterocycles. The molecule has 0 atom stereocenters. The summed E-state index contributed by atoms with van der Waals surface area (Å²) in [7, 11) is -3.33. The van der Waals surface area contributed by atoms with E-state index in [0.29, 0.717) is 18.0 Å². The quantitative estimate of drug-likeness (QED) is 0.786. The Morgan fingerprint density at radius 1 is 1.25 bits per heavy atom. The summed E-state index contributed by atoms with van der Waals surface area (Å²) in [5.41, 5.74) is 0.924. The lowest BCUT2D eigenvalue weighted by Gasteiger charge is -2.16. The van der Waals surface area contributed by atoms with Gasteiger partial charge >= 0.3 is 0 Å². The van der Waals surface area contributed by atoms with Crippen molar-refractivity contribution in [2.24, 2.45) is 0 Å². The van der Waals surface area contributed by atoms with Gasteiger partial charge in [0.2, 0.25) is 10.0 Å². The molecule has 16 heavy (non-hydrogen) atoms. The third kappa shape index (κ3) is 2.07. The van der Waals surface area contributed by atoms with E-state index in [0.717, 1.165) is 10.0 Å². The molecular formula is C11H12BrNO2S. The normalized spacial score (nSPS) is 16.9. The topological polar surface area (TPSA) is 37.4 Å². The lowest BCUT2D eigenvalue weighted by atomic mass is 10.2. The van der Waals surface area contributed by atoms with Crippen LogP contribution in [-0.4, -0.2) is 25.8 Å². The van der Waals surface area contributed by atoms with Gasteiger partial charge in [0.15, 0.2) is 0 Å². The molecule has 0 amide bonds. The molecule has 0 fully saturated rings. The number of hydrogen-bond donors (Lipinski definition) is 0. The van der Waals surface area contributed by atoms with Crippen molar-refractivity contribution < 1.29 is 8.42 Å². The van der Waals surface area contributed by atoms with Crippen LogP contribution in [0, 0.1) is 6.92 Å². The van der Waals surface area contributed by atoms with Crippen LogP contribution in [0.4, 0.5) is 0 Å². The van der Waals surface area contributed by atoms with Gasteiger partial charge in [0.1, 0.15) is 0 Å². The molecule has 1 aromatic rings. The van der Waals surface area contributed by atoms with Gasteiger partial charge in [-0.05, 0) is 30.7 Å². The van der Waals surface area contributed by atoms with E-state index < -0.39 is 10.0 Å². The molecule has 0 aromatic heterocycles. The zero-order chi connectivity index (χ0) is 11.8. The predicted octanol–water partition coefficient (Wildman–Crippen LogP) is 2.32. The highest BCUT2D eigenvalue weighted by molar-refractivity contribution is 9.10. The second-order valence-electron chi connectivity index (χ2n) is 3.70. The summed E-state index contributed by atoms with van der Waals surface area (Å²) >= 11 is 3.36. The van der Waals surface area contributed by atoms with Crippen LogP contribution in [0.5, 0.6) is 0 Å². The summed E-state index contributed by atoms with van der Waals surface area (Å²) in [6.07, 6.45) is 3.73. The molecule has 3 nitrogen and oxygen atoms in total. The molecule has 0 spiro atoms. The van der Waals surface area contributed by atoms with Gasteiger partial charge in [-0.15, -0.1) is 0 Å². The van der Waals surface area contributed by atoms with Crippen molar-refractivity contribution in [2.75, 3.05) is 13.1 Å². The van der Waals surface area contributed by atoms with Gasteiger partial charge in [0.25, 0.3) is 0 Å². The van der Waals surface area contributed by atoms with E-state index in [9.17, 15) is 8.42 Å². The number of halogens is 1. The number of aryl methyl sites for hydroxylation is 1. The summed E-state index contributed by atoms with van der Waals surface area (Å²) in [5, 5.41) is 0. The van der Waals surface area contributed by atoms with Crippen LogP contribution < -0.4 is 0 Å². The van der Waals surface area contributed by atoms with Crippen LogP contribution in [0.3, 0.4) is 0 Å². The van der Waals surface area contributed by atoms with Crippen LogP contribution in [0.25, 0.3) is 0 Å². The Morgan fingerprint density at radius 3 is 2.44 bits per heavy atom. The molecule has 86 valence electrons. The van der Waals surface area contributed by atoms with Gasteiger partial charge in [-0.3, -0.25) is 0 Å². The van der Waals surface area contributed by atoms with E-state index in [1.54, 1.807) is 18.2 Å². The van der Waals surface area contributed by atoms with Crippen LogP contribution in [0.2, 0.25) is 0 Å². The summed E-state index contributed by atoms with van der Waals surface area (Å²) in [6, 6.07) is 5.09. The lowest BCUT2D eigenvalue weighted by molar-refractivity contribution is 0.488. The Morgan fingerprint density at radius 2 is 1.88 bits per heavy atom. The van der Waals surface area contributed by atoms with E-state index in [4.69, 9.17) is 0 Å². The lowest BCUT2D eigenvalue weighted by Crippen LogP contribution is -2.28. The third-order valence-electron chi connectivity index (χ3n) is 2.55. The molecule has 2 rings (SSSR count). The fourth-order valence-electron chi connectivity index (χ4n) is 1.58. The average Bonchev–Trinajstić information content (AvgIpc) is 2.75. The van der Waals surface area contributed by atoms with E-state index in [-0.39, 0.29) is 0 Å². The van der Waals surface area contributed by atoms with Crippen molar-refractivity contribution in [3.63, 3.8) is 0 Å². The summed E-state index contributed by atoms with van der Waals surface area (Å²) in [6.45, 7) is 2.82. The zero-order valence-corrected chi connectivity index (χ0v) is 11.3. The minimum atomic E-state index is -3.33. The standard InChI is InChI=1S/C11H12BrNO2S/c1-9-8-10(4-5-11(9)12)16(14,15)13-6-2-3-7-13/h2-5,8H,6-7H2,1H3. The molecule has 0 N–H and O–H groups in total. The maximum atomic E-state index is 12.2. The number of sulfonamides is 1. The Kier molecular flexibility index (Phi) is 3.19. The highest BCUT2D eigenvalue weighted by Gasteiger charge is 2.24. The highest BCUT2D eigenvalue weighted by Crippen LogP contribution is 2.23. The van der Waals surface area contributed by atoms with Crippen molar-refractivity contribution >= 4 is 26.0 Å². The average molecular weight is 302 g/mol. The molecule has 0 unspecified atom stereocenters. The van der Waals surface area contributed by atoms with Gasteiger partial charge < -0.3 is 0 Å². The summed E-state index contributed by atoms with van der Waals surface area (Å²) in [5.74, 6) is 0. The van der Waals surface area contributed by atoms with E-state index in [2.05, 4.69) is 15.9 Å². The molecule has 0 radical (unpaired) electrons. The second kappa shape index (κ2) is 4.31. The third-order valence-corrected chi connectivity index (χ3v) is 5.27. The molecule has 0 saturated heterocycles. The molecule has 0 aliphatic carbocycles. The first kappa shape index (κ1) is 11.8. The minimum Gasteiger partial charge on any atom is -0.207 e. The van der Waals surface area contributed by atoms with Crippen molar-refractivity contribution in [3.05, 3.63) is 40.4 Å². The highest BCUT2D eigenvalue weighted by atomic mass is 79.9. The van der Waals surface area contributed by atoms with E-state index in [1.165, 1.54) is 4.31 Å². The minimum absolute atomic E-state index is 0.358. The number of hydrogen-bond acceptors (Lipinski definition) is 2. The number of benzene rings is 1. The number of nitrogens with zero attached hydrogens (tertiary/aromatic N) is 1. The van der Waals surface area contributed by atoms with E-state index in [1.807, 2.05) is 19.1 Å². The van der Waals surface area contributed by atoms with Gasteiger partial charge in [0, 0.05) is 17.6 Å². The molecule has 1 heterocycles. The zero-order valence-electron chi connectivity index (χ0n) is 8.85. The van der Waals surface area contributed by atoms with Crippen molar-refractivity contribution in [1.82, 2.24) is 4.31 Å². The monoisotopic (exact) mass is 301 g/mol. The molecule has 5 heteroatoms. The fourth-order valence-corrected chi connectivity index (χ4v) is 3.26. The molecular weight excluding hydrogens is 290 g/mol.